The molecular formula is C11H12ClN3S. The summed E-state index contributed by atoms with van der Waals surface area (Å²) >= 11 is 7.26. The highest BCUT2D eigenvalue weighted by Gasteiger charge is 2.06. The summed E-state index contributed by atoms with van der Waals surface area (Å²) < 4.78 is 0. The number of pyridine rings is 1. The SMILES string of the molecule is Cc1cncc(-c2nnc(CCCCl)s2)c1. The van der Waals surface area contributed by atoms with Gasteiger partial charge in [-0.3, -0.25) is 4.98 Å². The fraction of sp³-hybridized carbons (Fsp3) is 0.364. The van der Waals surface area contributed by atoms with E-state index in [4.69, 9.17) is 11.6 Å². The van der Waals surface area contributed by atoms with Gasteiger partial charge in [-0.05, 0) is 25.0 Å². The van der Waals surface area contributed by atoms with Crippen LogP contribution in [-0.4, -0.2) is 21.1 Å². The van der Waals surface area contributed by atoms with E-state index >= 15 is 0 Å². The molecule has 0 radical (unpaired) electrons. The Balaban J connectivity index is 2.18. The highest BCUT2D eigenvalue weighted by atomic mass is 35.5. The molecule has 2 aromatic heterocycles. The fourth-order valence-electron chi connectivity index (χ4n) is 1.36. The molecular weight excluding hydrogens is 242 g/mol. The smallest absolute Gasteiger partial charge is 0.149 e. The van der Waals surface area contributed by atoms with Crippen LogP contribution in [0, 0.1) is 6.92 Å². The van der Waals surface area contributed by atoms with Crippen LogP contribution < -0.4 is 0 Å². The van der Waals surface area contributed by atoms with Crippen LogP contribution >= 0.6 is 22.9 Å². The molecule has 0 saturated carbocycles. The van der Waals surface area contributed by atoms with Gasteiger partial charge in [-0.2, -0.15) is 0 Å². The van der Waals surface area contributed by atoms with Crippen LogP contribution in [0.4, 0.5) is 0 Å². The van der Waals surface area contributed by atoms with Gasteiger partial charge < -0.3 is 0 Å². The van der Waals surface area contributed by atoms with Crippen LogP contribution in [0.2, 0.25) is 0 Å². The van der Waals surface area contributed by atoms with Crippen LogP contribution in [0.15, 0.2) is 18.5 Å². The number of hydrogen-bond acceptors (Lipinski definition) is 4. The number of aromatic nitrogens is 3. The molecule has 2 aromatic rings. The minimum Gasteiger partial charge on any atom is -0.264 e. The summed E-state index contributed by atoms with van der Waals surface area (Å²) in [7, 11) is 0. The average molecular weight is 254 g/mol. The number of aryl methyl sites for hydroxylation is 2. The van der Waals surface area contributed by atoms with Gasteiger partial charge in [0.15, 0.2) is 0 Å². The van der Waals surface area contributed by atoms with E-state index in [1.54, 1.807) is 11.3 Å². The van der Waals surface area contributed by atoms with Crippen molar-refractivity contribution in [2.45, 2.75) is 19.8 Å². The standard InChI is InChI=1S/C11H12ClN3S/c1-8-5-9(7-13-6-8)11-15-14-10(16-11)3-2-4-12/h5-7H,2-4H2,1H3. The number of halogens is 1. The van der Waals surface area contributed by atoms with Crippen molar-refractivity contribution in [3.05, 3.63) is 29.0 Å². The van der Waals surface area contributed by atoms with E-state index in [0.717, 1.165) is 34.0 Å². The van der Waals surface area contributed by atoms with Gasteiger partial charge in [0.05, 0.1) is 0 Å². The zero-order valence-corrected chi connectivity index (χ0v) is 10.6. The van der Waals surface area contributed by atoms with E-state index in [1.165, 1.54) is 0 Å². The van der Waals surface area contributed by atoms with Crippen molar-refractivity contribution >= 4 is 22.9 Å². The van der Waals surface area contributed by atoms with Crippen LogP contribution in [0.25, 0.3) is 10.6 Å². The average Bonchev–Trinajstić information content (AvgIpc) is 2.75. The van der Waals surface area contributed by atoms with Crippen molar-refractivity contribution in [3.8, 4) is 10.6 Å². The summed E-state index contributed by atoms with van der Waals surface area (Å²) in [4.78, 5) is 4.15. The molecule has 0 aromatic carbocycles. The third-order valence-electron chi connectivity index (χ3n) is 2.11. The lowest BCUT2D eigenvalue weighted by Crippen LogP contribution is -1.84. The van der Waals surface area contributed by atoms with E-state index in [2.05, 4.69) is 21.2 Å². The molecule has 84 valence electrons. The molecule has 0 aliphatic rings. The molecule has 0 atom stereocenters. The Kier molecular flexibility index (Phi) is 3.85. The zero-order chi connectivity index (χ0) is 11.4. The van der Waals surface area contributed by atoms with E-state index in [1.807, 2.05) is 19.3 Å². The van der Waals surface area contributed by atoms with Crippen LogP contribution in [0.3, 0.4) is 0 Å². The molecule has 2 heterocycles. The second kappa shape index (κ2) is 5.37. The summed E-state index contributed by atoms with van der Waals surface area (Å²) in [6, 6.07) is 2.07. The molecule has 0 spiro atoms. The first kappa shape index (κ1) is 11.5. The predicted octanol–water partition coefficient (Wildman–Crippen LogP) is 3.08. The fourth-order valence-corrected chi connectivity index (χ4v) is 2.36. The number of nitrogens with zero attached hydrogens (tertiary/aromatic N) is 3. The predicted molar refractivity (Wildman–Crippen MR) is 66.9 cm³/mol. The Bertz CT molecular complexity index is 470. The first-order valence-electron chi connectivity index (χ1n) is 5.10. The van der Waals surface area contributed by atoms with Gasteiger partial charge in [-0.25, -0.2) is 0 Å². The molecule has 0 N–H and O–H groups in total. The molecule has 2 rings (SSSR count). The maximum absolute atomic E-state index is 5.64. The van der Waals surface area contributed by atoms with Gasteiger partial charge in [-0.15, -0.1) is 21.8 Å². The Morgan fingerprint density at radius 2 is 2.19 bits per heavy atom. The van der Waals surface area contributed by atoms with Crippen LogP contribution in [0.1, 0.15) is 17.0 Å². The van der Waals surface area contributed by atoms with Gasteiger partial charge in [0.1, 0.15) is 10.0 Å². The molecule has 3 nitrogen and oxygen atoms in total. The zero-order valence-electron chi connectivity index (χ0n) is 8.98. The normalized spacial score (nSPS) is 10.6. The summed E-state index contributed by atoms with van der Waals surface area (Å²) in [6.45, 7) is 2.02. The largest absolute Gasteiger partial charge is 0.264 e. The number of alkyl halides is 1. The number of hydrogen-bond donors (Lipinski definition) is 0. The maximum atomic E-state index is 5.64. The molecule has 5 heteroatoms. The van der Waals surface area contributed by atoms with E-state index in [-0.39, 0.29) is 0 Å². The molecule has 0 unspecified atom stereocenters. The monoisotopic (exact) mass is 253 g/mol. The minimum absolute atomic E-state index is 0.668. The molecule has 16 heavy (non-hydrogen) atoms. The van der Waals surface area contributed by atoms with Crippen molar-refractivity contribution in [1.82, 2.24) is 15.2 Å². The summed E-state index contributed by atoms with van der Waals surface area (Å²) in [5, 5.41) is 10.3. The van der Waals surface area contributed by atoms with E-state index in [9.17, 15) is 0 Å². The quantitative estimate of drug-likeness (QED) is 0.786. The van der Waals surface area contributed by atoms with Gasteiger partial charge in [0.2, 0.25) is 0 Å². The Morgan fingerprint density at radius 1 is 1.31 bits per heavy atom. The first-order chi connectivity index (χ1) is 7.79. The van der Waals surface area contributed by atoms with Gasteiger partial charge in [0.25, 0.3) is 0 Å². The molecule has 0 bridgehead atoms. The summed E-state index contributed by atoms with van der Waals surface area (Å²) in [5.41, 5.74) is 2.17. The van der Waals surface area contributed by atoms with Gasteiger partial charge in [0, 0.05) is 30.3 Å². The van der Waals surface area contributed by atoms with Crippen molar-refractivity contribution in [2.24, 2.45) is 0 Å². The molecule has 0 aliphatic heterocycles. The second-order valence-corrected chi connectivity index (χ2v) is 4.98. The second-order valence-electron chi connectivity index (χ2n) is 3.54. The van der Waals surface area contributed by atoms with E-state index in [0.29, 0.717) is 5.88 Å². The number of rotatable bonds is 4. The Labute approximate surface area is 104 Å². The highest BCUT2D eigenvalue weighted by molar-refractivity contribution is 7.14. The molecule has 0 amide bonds. The lowest BCUT2D eigenvalue weighted by atomic mass is 10.2. The lowest BCUT2D eigenvalue weighted by molar-refractivity contribution is 0.884. The maximum Gasteiger partial charge on any atom is 0.149 e. The Hall–Kier alpha value is -1.000. The minimum atomic E-state index is 0.668. The third kappa shape index (κ3) is 2.77. The van der Waals surface area contributed by atoms with Crippen molar-refractivity contribution < 1.29 is 0 Å². The lowest BCUT2D eigenvalue weighted by Gasteiger charge is -1.95. The molecule has 0 fully saturated rings. The van der Waals surface area contributed by atoms with E-state index < -0.39 is 0 Å². The third-order valence-corrected chi connectivity index (χ3v) is 3.41. The van der Waals surface area contributed by atoms with Crippen LogP contribution in [0.5, 0.6) is 0 Å². The topological polar surface area (TPSA) is 38.7 Å². The van der Waals surface area contributed by atoms with Crippen LogP contribution in [-0.2, 0) is 6.42 Å². The Morgan fingerprint density at radius 3 is 2.94 bits per heavy atom. The van der Waals surface area contributed by atoms with Crippen molar-refractivity contribution in [3.63, 3.8) is 0 Å². The van der Waals surface area contributed by atoms with Crippen molar-refractivity contribution in [1.29, 1.82) is 0 Å². The highest BCUT2D eigenvalue weighted by Crippen LogP contribution is 2.23. The molecule has 0 aliphatic carbocycles. The van der Waals surface area contributed by atoms with Gasteiger partial charge >= 0.3 is 0 Å². The first-order valence-corrected chi connectivity index (χ1v) is 6.45. The van der Waals surface area contributed by atoms with Gasteiger partial charge in [-0.1, -0.05) is 11.3 Å². The summed E-state index contributed by atoms with van der Waals surface area (Å²) in [5.74, 6) is 0.668. The molecule has 0 saturated heterocycles. The van der Waals surface area contributed by atoms with Crippen molar-refractivity contribution in [2.75, 3.05) is 5.88 Å². The summed E-state index contributed by atoms with van der Waals surface area (Å²) in [6.07, 6.45) is 5.50.